The molecule has 0 radical (unpaired) electrons. The van der Waals surface area contributed by atoms with Gasteiger partial charge in [-0.2, -0.15) is 12.7 Å². The smallest absolute Gasteiger partial charge is 0.279 e. The maximum atomic E-state index is 12.3. The van der Waals surface area contributed by atoms with Gasteiger partial charge in [0, 0.05) is 25.2 Å². The van der Waals surface area contributed by atoms with Gasteiger partial charge < -0.3 is 5.73 Å². The van der Waals surface area contributed by atoms with E-state index in [4.69, 9.17) is 5.73 Å². The highest BCUT2D eigenvalue weighted by Crippen LogP contribution is 2.19. The maximum Gasteiger partial charge on any atom is 0.279 e. The molecule has 0 amide bonds. The van der Waals surface area contributed by atoms with Crippen LogP contribution in [0.5, 0.6) is 0 Å². The van der Waals surface area contributed by atoms with Gasteiger partial charge in [0.2, 0.25) is 0 Å². The minimum absolute atomic E-state index is 0.0641. The fraction of sp³-hybridized carbons (Fsp3) is 0.571. The van der Waals surface area contributed by atoms with E-state index in [9.17, 15) is 8.42 Å². The lowest BCUT2D eigenvalue weighted by Crippen LogP contribution is -2.49. The molecule has 1 heterocycles. The number of nitrogens with zero attached hydrogens (tertiary/aromatic N) is 1. The van der Waals surface area contributed by atoms with E-state index in [2.05, 4.69) is 4.72 Å². The van der Waals surface area contributed by atoms with Crippen molar-refractivity contribution in [2.24, 2.45) is 5.73 Å². The summed E-state index contributed by atoms with van der Waals surface area (Å²) >= 11 is 0. The first-order valence-electron chi connectivity index (χ1n) is 7.07. The van der Waals surface area contributed by atoms with Crippen LogP contribution >= 0.6 is 0 Å². The van der Waals surface area contributed by atoms with Crippen molar-refractivity contribution in [2.45, 2.75) is 38.3 Å². The largest absolute Gasteiger partial charge is 0.323 e. The molecule has 2 atom stereocenters. The SMILES string of the molecule is CC1CCCCN1S(=O)(=O)NCC(N)c1ccccc1. The van der Waals surface area contributed by atoms with Crippen molar-refractivity contribution in [3.05, 3.63) is 35.9 Å². The molecule has 2 unspecified atom stereocenters. The molecule has 1 saturated heterocycles. The Morgan fingerprint density at radius 3 is 2.70 bits per heavy atom. The molecule has 1 aromatic carbocycles. The predicted molar refractivity (Wildman–Crippen MR) is 80.3 cm³/mol. The van der Waals surface area contributed by atoms with Crippen LogP contribution in [0.4, 0.5) is 0 Å². The number of rotatable bonds is 5. The van der Waals surface area contributed by atoms with Crippen LogP contribution in [0.2, 0.25) is 0 Å². The number of nitrogens with two attached hydrogens (primary N) is 1. The first-order valence-corrected chi connectivity index (χ1v) is 8.51. The van der Waals surface area contributed by atoms with Crippen LogP contribution in [0, 0.1) is 0 Å². The van der Waals surface area contributed by atoms with Gasteiger partial charge in [-0.15, -0.1) is 0 Å². The molecule has 1 aliphatic rings. The Hall–Kier alpha value is -0.950. The van der Waals surface area contributed by atoms with Gasteiger partial charge in [0.15, 0.2) is 0 Å². The highest BCUT2D eigenvalue weighted by Gasteiger charge is 2.29. The molecule has 112 valence electrons. The first kappa shape index (κ1) is 15.4. The molecule has 0 spiro atoms. The molecule has 2 rings (SSSR count). The average Bonchev–Trinajstić information content (AvgIpc) is 2.46. The fourth-order valence-electron chi connectivity index (χ4n) is 2.52. The molecule has 0 aromatic heterocycles. The van der Waals surface area contributed by atoms with Crippen LogP contribution in [-0.2, 0) is 10.2 Å². The molecule has 1 aliphatic heterocycles. The van der Waals surface area contributed by atoms with Gasteiger partial charge >= 0.3 is 0 Å². The lowest BCUT2D eigenvalue weighted by Gasteiger charge is -2.32. The van der Waals surface area contributed by atoms with E-state index in [0.29, 0.717) is 6.54 Å². The van der Waals surface area contributed by atoms with Crippen LogP contribution in [0.1, 0.15) is 37.8 Å². The van der Waals surface area contributed by atoms with E-state index >= 15 is 0 Å². The quantitative estimate of drug-likeness (QED) is 0.862. The zero-order valence-corrected chi connectivity index (χ0v) is 12.6. The zero-order chi connectivity index (χ0) is 14.6. The van der Waals surface area contributed by atoms with Crippen LogP contribution in [0.3, 0.4) is 0 Å². The number of hydrogen-bond acceptors (Lipinski definition) is 3. The van der Waals surface area contributed by atoms with Crippen molar-refractivity contribution in [3.8, 4) is 0 Å². The number of nitrogens with one attached hydrogen (secondary N) is 1. The summed E-state index contributed by atoms with van der Waals surface area (Å²) < 4.78 is 28.8. The molecule has 3 N–H and O–H groups in total. The van der Waals surface area contributed by atoms with E-state index in [1.807, 2.05) is 37.3 Å². The third kappa shape index (κ3) is 3.79. The van der Waals surface area contributed by atoms with E-state index in [0.717, 1.165) is 24.8 Å². The molecule has 0 bridgehead atoms. The van der Waals surface area contributed by atoms with Crippen LogP contribution < -0.4 is 10.5 Å². The number of hydrogen-bond donors (Lipinski definition) is 2. The summed E-state index contributed by atoms with van der Waals surface area (Å²) in [6.45, 7) is 2.77. The average molecular weight is 297 g/mol. The Kier molecular flexibility index (Phi) is 5.15. The van der Waals surface area contributed by atoms with Gasteiger partial charge in [-0.05, 0) is 25.3 Å². The molecule has 6 heteroatoms. The normalized spacial score (nSPS) is 22.6. The molecule has 1 aromatic rings. The van der Waals surface area contributed by atoms with Gasteiger partial charge in [0.1, 0.15) is 0 Å². The summed E-state index contributed by atoms with van der Waals surface area (Å²) in [5.41, 5.74) is 6.95. The number of benzene rings is 1. The van der Waals surface area contributed by atoms with Crippen LogP contribution in [0.25, 0.3) is 0 Å². The summed E-state index contributed by atoms with van der Waals surface area (Å²) in [5, 5.41) is 0. The lowest BCUT2D eigenvalue weighted by atomic mass is 10.1. The predicted octanol–water partition coefficient (Wildman–Crippen LogP) is 1.40. The summed E-state index contributed by atoms with van der Waals surface area (Å²) in [5.74, 6) is 0. The van der Waals surface area contributed by atoms with Gasteiger partial charge in [0.25, 0.3) is 10.2 Å². The van der Waals surface area contributed by atoms with E-state index in [1.54, 1.807) is 4.31 Å². The second kappa shape index (κ2) is 6.67. The minimum atomic E-state index is -3.43. The van der Waals surface area contributed by atoms with Gasteiger partial charge in [0.05, 0.1) is 0 Å². The second-order valence-corrected chi connectivity index (χ2v) is 7.03. The second-order valence-electron chi connectivity index (χ2n) is 5.33. The minimum Gasteiger partial charge on any atom is -0.323 e. The summed E-state index contributed by atoms with van der Waals surface area (Å²) in [6.07, 6.45) is 2.94. The molecule has 0 aliphatic carbocycles. The van der Waals surface area contributed by atoms with E-state index in [-0.39, 0.29) is 18.6 Å². The third-order valence-electron chi connectivity index (χ3n) is 3.76. The molecule has 5 nitrogen and oxygen atoms in total. The Morgan fingerprint density at radius 2 is 2.05 bits per heavy atom. The summed E-state index contributed by atoms with van der Waals surface area (Å²) in [6, 6.07) is 9.26. The van der Waals surface area contributed by atoms with Crippen molar-refractivity contribution in [2.75, 3.05) is 13.1 Å². The Morgan fingerprint density at radius 1 is 1.35 bits per heavy atom. The summed E-state index contributed by atoms with van der Waals surface area (Å²) in [4.78, 5) is 0. The monoisotopic (exact) mass is 297 g/mol. The van der Waals surface area contributed by atoms with Gasteiger partial charge in [-0.3, -0.25) is 0 Å². The van der Waals surface area contributed by atoms with Crippen molar-refractivity contribution < 1.29 is 8.42 Å². The Balaban J connectivity index is 1.95. The highest BCUT2D eigenvalue weighted by molar-refractivity contribution is 7.87. The van der Waals surface area contributed by atoms with Crippen molar-refractivity contribution in [1.82, 2.24) is 9.03 Å². The first-order chi connectivity index (χ1) is 9.50. The third-order valence-corrected chi connectivity index (χ3v) is 5.46. The highest BCUT2D eigenvalue weighted by atomic mass is 32.2. The molecule has 1 fully saturated rings. The molecular formula is C14H23N3O2S. The van der Waals surface area contributed by atoms with Gasteiger partial charge in [-0.1, -0.05) is 36.8 Å². The zero-order valence-electron chi connectivity index (χ0n) is 11.8. The Labute approximate surface area is 121 Å². The molecular weight excluding hydrogens is 274 g/mol. The lowest BCUT2D eigenvalue weighted by molar-refractivity contribution is 0.265. The van der Waals surface area contributed by atoms with Gasteiger partial charge in [-0.25, -0.2) is 4.72 Å². The van der Waals surface area contributed by atoms with Crippen LogP contribution in [0.15, 0.2) is 30.3 Å². The topological polar surface area (TPSA) is 75.4 Å². The molecule has 20 heavy (non-hydrogen) atoms. The van der Waals surface area contributed by atoms with Crippen molar-refractivity contribution >= 4 is 10.2 Å². The van der Waals surface area contributed by atoms with Crippen molar-refractivity contribution in [3.63, 3.8) is 0 Å². The number of piperidine rings is 1. The van der Waals surface area contributed by atoms with Crippen molar-refractivity contribution in [1.29, 1.82) is 0 Å². The standard InChI is InChI=1S/C14H23N3O2S/c1-12-7-5-6-10-17(12)20(18,19)16-11-14(15)13-8-3-2-4-9-13/h2-4,8-9,12,14,16H,5-7,10-11,15H2,1H3. The molecule has 0 saturated carbocycles. The fourth-order valence-corrected chi connectivity index (χ4v) is 4.03. The van der Waals surface area contributed by atoms with Crippen LogP contribution in [-0.4, -0.2) is 31.9 Å². The van der Waals surface area contributed by atoms with E-state index in [1.165, 1.54) is 0 Å². The summed E-state index contributed by atoms with van der Waals surface area (Å²) in [7, 11) is -3.43. The Bertz CT molecular complexity index is 518. The van der Waals surface area contributed by atoms with E-state index < -0.39 is 10.2 Å². The maximum absolute atomic E-state index is 12.3.